The Morgan fingerprint density at radius 1 is 1.29 bits per heavy atom. The van der Waals surface area contributed by atoms with E-state index >= 15 is 0 Å². The largest absolute Gasteiger partial charge is 0.431 e. The number of carbonyl (C=O) groups excluding carboxylic acids is 1. The van der Waals surface area contributed by atoms with Gasteiger partial charge in [0.2, 0.25) is 10.0 Å². The summed E-state index contributed by atoms with van der Waals surface area (Å²) >= 11 is 0. The summed E-state index contributed by atoms with van der Waals surface area (Å²) in [5, 5.41) is 0. The molecule has 134 valence electrons. The molecule has 2 N–H and O–H groups in total. The second-order valence-corrected chi connectivity index (χ2v) is 7.35. The predicted molar refractivity (Wildman–Crippen MR) is 79.0 cm³/mol. The number of hydrogen-bond donors (Lipinski definition) is 2. The smallest absolute Gasteiger partial charge is 0.338 e. The van der Waals surface area contributed by atoms with Crippen molar-refractivity contribution in [2.24, 2.45) is 0 Å². The minimum atomic E-state index is -4.70. The van der Waals surface area contributed by atoms with E-state index in [9.17, 15) is 31.2 Å². The molecule has 0 radical (unpaired) electrons. The summed E-state index contributed by atoms with van der Waals surface area (Å²) in [6.07, 6.45) is -2.95. The molecule has 0 bridgehead atoms. The third-order valence-electron chi connectivity index (χ3n) is 3.61. The molecule has 0 atom stereocenters. The maximum atomic E-state index is 12.5. The molecule has 1 aliphatic heterocycles. The first-order valence-corrected chi connectivity index (χ1v) is 8.93. The molecule has 0 unspecified atom stereocenters. The Balaban J connectivity index is 2.07. The molecule has 0 aliphatic carbocycles. The lowest BCUT2D eigenvalue weighted by Crippen LogP contribution is -2.47. The van der Waals surface area contributed by atoms with Crippen molar-refractivity contribution in [3.63, 3.8) is 0 Å². The summed E-state index contributed by atoms with van der Waals surface area (Å²) in [5.74, 6) is -0.678. The van der Waals surface area contributed by atoms with Crippen molar-refractivity contribution >= 4 is 15.9 Å². The van der Waals surface area contributed by atoms with Crippen LogP contribution in [0.25, 0.3) is 0 Å². The number of hydrogen-bond acceptors (Lipinski definition) is 4. The van der Waals surface area contributed by atoms with Crippen LogP contribution in [0.3, 0.4) is 0 Å². The molecule has 24 heavy (non-hydrogen) atoms. The molecule has 1 amide bonds. The minimum absolute atomic E-state index is 0.201. The number of aromatic amines is 1. The third-order valence-corrected chi connectivity index (χ3v) is 4.37. The molecule has 1 aliphatic rings. The maximum Gasteiger partial charge on any atom is 0.431 e. The summed E-state index contributed by atoms with van der Waals surface area (Å²) in [7, 11) is -3.35. The van der Waals surface area contributed by atoms with E-state index in [0.717, 1.165) is 12.3 Å². The van der Waals surface area contributed by atoms with E-state index < -0.39 is 33.4 Å². The quantitative estimate of drug-likeness (QED) is 0.815. The summed E-state index contributed by atoms with van der Waals surface area (Å²) < 4.78 is 62.3. The number of H-pyrrole nitrogens is 1. The molecule has 2 heterocycles. The number of likely N-dealkylation sites (tertiary alicyclic amines) is 1. The first kappa shape index (κ1) is 18.5. The lowest BCUT2D eigenvalue weighted by Gasteiger charge is -2.31. The van der Waals surface area contributed by atoms with Gasteiger partial charge in [0, 0.05) is 19.1 Å². The normalized spacial score (nSPS) is 17.1. The summed E-state index contributed by atoms with van der Waals surface area (Å²) in [6.45, 7) is 0.402. The number of rotatable bonds is 3. The Labute approximate surface area is 135 Å². The van der Waals surface area contributed by atoms with Crippen LogP contribution < -0.4 is 10.3 Å². The fourth-order valence-electron chi connectivity index (χ4n) is 2.48. The van der Waals surface area contributed by atoms with Gasteiger partial charge in [0.1, 0.15) is 11.3 Å². The number of halogens is 3. The molecule has 0 saturated carbocycles. The zero-order chi connectivity index (χ0) is 18.1. The molecule has 7 nitrogen and oxygen atoms in total. The lowest BCUT2D eigenvalue weighted by atomic mass is 10.1. The average Bonchev–Trinajstić information content (AvgIpc) is 2.44. The van der Waals surface area contributed by atoms with Crippen LogP contribution in [-0.2, 0) is 16.2 Å². The van der Waals surface area contributed by atoms with Gasteiger partial charge in [-0.25, -0.2) is 13.1 Å². The number of pyridine rings is 1. The number of sulfonamides is 1. The van der Waals surface area contributed by atoms with Gasteiger partial charge in [-0.2, -0.15) is 13.2 Å². The highest BCUT2D eigenvalue weighted by molar-refractivity contribution is 7.88. The van der Waals surface area contributed by atoms with Crippen molar-refractivity contribution in [1.82, 2.24) is 14.6 Å². The molecule has 1 aromatic heterocycles. The van der Waals surface area contributed by atoms with Crippen molar-refractivity contribution in [1.29, 1.82) is 0 Å². The van der Waals surface area contributed by atoms with Gasteiger partial charge in [-0.05, 0) is 25.0 Å². The molecular formula is C13H16F3N3O4S. The summed E-state index contributed by atoms with van der Waals surface area (Å²) in [4.78, 5) is 27.0. The van der Waals surface area contributed by atoms with E-state index in [-0.39, 0.29) is 24.7 Å². The number of nitrogens with zero attached hydrogens (tertiary/aromatic N) is 1. The summed E-state index contributed by atoms with van der Waals surface area (Å²) in [5.41, 5.74) is -2.70. The van der Waals surface area contributed by atoms with Crippen LogP contribution in [0.4, 0.5) is 13.2 Å². The van der Waals surface area contributed by atoms with Crippen molar-refractivity contribution < 1.29 is 26.4 Å². The van der Waals surface area contributed by atoms with E-state index in [2.05, 4.69) is 4.72 Å². The van der Waals surface area contributed by atoms with Crippen molar-refractivity contribution in [2.45, 2.75) is 25.1 Å². The molecule has 2 rings (SSSR count). The Morgan fingerprint density at radius 3 is 2.33 bits per heavy atom. The zero-order valence-corrected chi connectivity index (χ0v) is 13.5. The predicted octanol–water partition coefficient (Wildman–Crippen LogP) is 0.547. The Hall–Kier alpha value is -1.88. The second kappa shape index (κ2) is 6.55. The van der Waals surface area contributed by atoms with Gasteiger partial charge in [0.05, 0.1) is 6.26 Å². The lowest BCUT2D eigenvalue weighted by molar-refractivity contribution is -0.141. The highest BCUT2D eigenvalue weighted by atomic mass is 32.2. The van der Waals surface area contributed by atoms with Crippen LogP contribution in [0, 0.1) is 0 Å². The number of carbonyl (C=O) groups is 1. The van der Waals surface area contributed by atoms with Crippen molar-refractivity contribution in [3.05, 3.63) is 33.7 Å². The zero-order valence-electron chi connectivity index (χ0n) is 12.7. The molecule has 0 spiro atoms. The number of nitrogens with one attached hydrogen (secondary N) is 2. The molecule has 1 aromatic rings. The van der Waals surface area contributed by atoms with E-state index in [0.29, 0.717) is 18.9 Å². The van der Waals surface area contributed by atoms with Crippen LogP contribution in [0.15, 0.2) is 16.9 Å². The van der Waals surface area contributed by atoms with E-state index in [1.165, 1.54) is 4.90 Å². The Bertz CT molecular complexity index is 780. The Morgan fingerprint density at radius 2 is 1.88 bits per heavy atom. The molecule has 0 aromatic carbocycles. The number of amides is 1. The van der Waals surface area contributed by atoms with Crippen molar-refractivity contribution in [3.8, 4) is 0 Å². The average molecular weight is 367 g/mol. The standard InChI is InChI=1S/C13H16F3N3O4S/c1-24(22,23)18-8-4-6-19(7-5-8)12(21)9-2-3-10(13(14,15)16)17-11(9)20/h2-3,8,18H,4-7H2,1H3,(H,17,20). The van der Waals surface area contributed by atoms with Crippen molar-refractivity contribution in [2.75, 3.05) is 19.3 Å². The molecular weight excluding hydrogens is 351 g/mol. The highest BCUT2D eigenvalue weighted by Crippen LogP contribution is 2.26. The van der Waals surface area contributed by atoms with Crippen LogP contribution in [0.1, 0.15) is 28.9 Å². The van der Waals surface area contributed by atoms with Crippen LogP contribution in [0.5, 0.6) is 0 Å². The van der Waals surface area contributed by atoms with Gasteiger partial charge in [-0.3, -0.25) is 9.59 Å². The molecule has 11 heteroatoms. The number of aromatic nitrogens is 1. The first-order chi connectivity index (χ1) is 11.0. The fraction of sp³-hybridized carbons (Fsp3) is 0.538. The van der Waals surface area contributed by atoms with Crippen LogP contribution in [0.2, 0.25) is 0 Å². The van der Waals surface area contributed by atoms with Gasteiger partial charge in [0.25, 0.3) is 11.5 Å². The molecule has 1 saturated heterocycles. The number of alkyl halides is 3. The fourth-order valence-corrected chi connectivity index (χ4v) is 3.32. The van der Waals surface area contributed by atoms with Crippen LogP contribution >= 0.6 is 0 Å². The topological polar surface area (TPSA) is 99.3 Å². The second-order valence-electron chi connectivity index (χ2n) is 5.57. The van der Waals surface area contributed by atoms with Crippen LogP contribution in [-0.4, -0.2) is 49.6 Å². The highest BCUT2D eigenvalue weighted by Gasteiger charge is 2.33. The first-order valence-electron chi connectivity index (χ1n) is 7.04. The Kier molecular flexibility index (Phi) is 5.04. The van der Waals surface area contributed by atoms with E-state index in [1.54, 1.807) is 4.98 Å². The summed E-state index contributed by atoms with van der Waals surface area (Å²) in [6, 6.07) is 1.19. The maximum absolute atomic E-state index is 12.5. The van der Waals surface area contributed by atoms with E-state index in [4.69, 9.17) is 0 Å². The molecule has 1 fully saturated rings. The van der Waals surface area contributed by atoms with Gasteiger partial charge >= 0.3 is 6.18 Å². The van der Waals surface area contributed by atoms with Gasteiger partial charge in [-0.15, -0.1) is 0 Å². The van der Waals surface area contributed by atoms with E-state index in [1.807, 2.05) is 0 Å². The number of piperidine rings is 1. The minimum Gasteiger partial charge on any atom is -0.338 e. The monoisotopic (exact) mass is 367 g/mol. The van der Waals surface area contributed by atoms with Gasteiger partial charge in [0.15, 0.2) is 0 Å². The third kappa shape index (κ3) is 4.57. The SMILES string of the molecule is CS(=O)(=O)NC1CCN(C(=O)c2ccc(C(F)(F)F)[nH]c2=O)CC1. The van der Waals surface area contributed by atoms with Gasteiger partial charge < -0.3 is 9.88 Å². The van der Waals surface area contributed by atoms with Gasteiger partial charge in [-0.1, -0.05) is 0 Å².